The summed E-state index contributed by atoms with van der Waals surface area (Å²) in [6, 6.07) is 16.4. The van der Waals surface area contributed by atoms with Gasteiger partial charge in [0.1, 0.15) is 11.5 Å². The predicted molar refractivity (Wildman–Crippen MR) is 120 cm³/mol. The second-order valence-corrected chi connectivity index (χ2v) is 7.75. The number of hydrogen-bond acceptors (Lipinski definition) is 5. The minimum atomic E-state index is 0.836. The monoisotopic (exact) mass is 406 g/mol. The second-order valence-electron chi connectivity index (χ2n) is 7.75. The van der Waals surface area contributed by atoms with Crippen LogP contribution in [0.3, 0.4) is 0 Å². The summed E-state index contributed by atoms with van der Waals surface area (Å²) in [6.45, 7) is 9.16. The molecular weight excluding hydrogens is 376 g/mol. The van der Waals surface area contributed by atoms with Crippen molar-refractivity contribution in [3.8, 4) is 17.2 Å². The molecule has 6 heteroatoms. The van der Waals surface area contributed by atoms with Crippen LogP contribution in [0.2, 0.25) is 0 Å². The van der Waals surface area contributed by atoms with E-state index in [1.807, 2.05) is 12.1 Å². The molecule has 0 atom stereocenters. The predicted octanol–water partition coefficient (Wildman–Crippen LogP) is 3.83. The molecule has 0 spiro atoms. The first-order chi connectivity index (χ1) is 14.6. The lowest BCUT2D eigenvalue weighted by Crippen LogP contribution is -2.46. The maximum Gasteiger partial charge on any atom is 0.122 e. The van der Waals surface area contributed by atoms with Gasteiger partial charge in [0, 0.05) is 38.8 Å². The van der Waals surface area contributed by atoms with Crippen LogP contribution in [0.5, 0.6) is 11.5 Å². The summed E-state index contributed by atoms with van der Waals surface area (Å²) in [5, 5.41) is 4.81. The molecule has 1 saturated heterocycles. The van der Waals surface area contributed by atoms with Crippen molar-refractivity contribution in [2.45, 2.75) is 20.4 Å². The fourth-order valence-corrected chi connectivity index (χ4v) is 4.26. The molecule has 1 aromatic heterocycles. The highest BCUT2D eigenvalue weighted by molar-refractivity contribution is 5.57. The largest absolute Gasteiger partial charge is 0.497 e. The van der Waals surface area contributed by atoms with Crippen LogP contribution in [0.4, 0.5) is 5.69 Å². The van der Waals surface area contributed by atoms with E-state index in [1.54, 1.807) is 14.2 Å². The number of para-hydroxylation sites is 1. The molecule has 0 amide bonds. The molecule has 1 aliphatic heterocycles. The molecule has 1 fully saturated rings. The van der Waals surface area contributed by atoms with Crippen molar-refractivity contribution in [2.75, 3.05) is 45.3 Å². The summed E-state index contributed by atoms with van der Waals surface area (Å²) >= 11 is 0. The van der Waals surface area contributed by atoms with Crippen molar-refractivity contribution in [1.82, 2.24) is 14.7 Å². The summed E-state index contributed by atoms with van der Waals surface area (Å²) in [6.07, 6.45) is 0. The maximum atomic E-state index is 5.41. The number of hydrogen-bond donors (Lipinski definition) is 0. The number of ether oxygens (including phenoxy) is 2. The molecule has 3 aromatic rings. The minimum Gasteiger partial charge on any atom is -0.497 e. The zero-order valence-electron chi connectivity index (χ0n) is 18.3. The molecule has 0 N–H and O–H groups in total. The third kappa shape index (κ3) is 4.14. The minimum absolute atomic E-state index is 0.836. The van der Waals surface area contributed by atoms with Gasteiger partial charge in [0.2, 0.25) is 0 Å². The number of benzene rings is 2. The highest BCUT2D eigenvalue weighted by atomic mass is 16.5. The molecule has 158 valence electrons. The number of aryl methyl sites for hydroxylation is 1. The van der Waals surface area contributed by atoms with E-state index in [0.29, 0.717) is 0 Å². The first kappa shape index (κ1) is 20.3. The molecule has 0 saturated carbocycles. The average molecular weight is 407 g/mol. The van der Waals surface area contributed by atoms with Crippen molar-refractivity contribution >= 4 is 5.69 Å². The Balaban J connectivity index is 1.45. The zero-order chi connectivity index (χ0) is 21.1. The maximum absolute atomic E-state index is 5.41. The Kier molecular flexibility index (Phi) is 5.95. The topological polar surface area (TPSA) is 42.8 Å². The van der Waals surface area contributed by atoms with Crippen LogP contribution in [-0.4, -0.2) is 55.1 Å². The van der Waals surface area contributed by atoms with Crippen molar-refractivity contribution in [2.24, 2.45) is 0 Å². The van der Waals surface area contributed by atoms with E-state index in [9.17, 15) is 0 Å². The summed E-state index contributed by atoms with van der Waals surface area (Å²) in [5.74, 6) is 1.67. The number of anilines is 1. The Morgan fingerprint density at radius 3 is 2.10 bits per heavy atom. The molecular formula is C24H30N4O2. The fraction of sp³-hybridized carbons (Fsp3) is 0.375. The molecule has 0 unspecified atom stereocenters. The average Bonchev–Trinajstić information content (AvgIpc) is 3.08. The molecule has 4 rings (SSSR count). The van der Waals surface area contributed by atoms with Gasteiger partial charge in [-0.1, -0.05) is 18.2 Å². The number of rotatable bonds is 6. The molecule has 2 aromatic carbocycles. The number of piperazine rings is 1. The normalized spacial score (nSPS) is 14.7. The third-order valence-corrected chi connectivity index (χ3v) is 5.76. The summed E-state index contributed by atoms with van der Waals surface area (Å²) in [7, 11) is 3.38. The highest BCUT2D eigenvalue weighted by Crippen LogP contribution is 2.28. The molecule has 0 radical (unpaired) electrons. The summed E-state index contributed by atoms with van der Waals surface area (Å²) < 4.78 is 12.9. The van der Waals surface area contributed by atoms with Gasteiger partial charge in [-0.3, -0.25) is 4.90 Å². The van der Waals surface area contributed by atoms with Gasteiger partial charge in [0.15, 0.2) is 0 Å². The van der Waals surface area contributed by atoms with Gasteiger partial charge in [0.25, 0.3) is 0 Å². The molecule has 1 aliphatic rings. The molecule has 30 heavy (non-hydrogen) atoms. The van der Waals surface area contributed by atoms with Gasteiger partial charge in [-0.2, -0.15) is 5.10 Å². The lowest BCUT2D eigenvalue weighted by molar-refractivity contribution is 0.249. The van der Waals surface area contributed by atoms with Gasteiger partial charge < -0.3 is 14.4 Å². The fourth-order valence-electron chi connectivity index (χ4n) is 4.26. The standard InChI is InChI=1S/C24H30N4O2/c1-18-24(19(2)28(25-18)21-8-6-5-7-9-21)27-12-10-26(11-13-27)17-20-14-22(29-3)16-23(15-20)30-4/h5-9,14-16H,10-13,17H2,1-4H3. The lowest BCUT2D eigenvalue weighted by atomic mass is 10.1. The van der Waals surface area contributed by atoms with E-state index < -0.39 is 0 Å². The Hall–Kier alpha value is -2.99. The van der Waals surface area contributed by atoms with Crippen LogP contribution in [0.15, 0.2) is 48.5 Å². The van der Waals surface area contributed by atoms with Crippen molar-refractivity contribution in [1.29, 1.82) is 0 Å². The first-order valence-corrected chi connectivity index (χ1v) is 10.4. The van der Waals surface area contributed by atoms with Gasteiger partial charge in [-0.25, -0.2) is 4.68 Å². The Bertz CT molecular complexity index is 970. The second kappa shape index (κ2) is 8.79. The quantitative estimate of drug-likeness (QED) is 0.622. The van der Waals surface area contributed by atoms with Crippen LogP contribution in [0.25, 0.3) is 5.69 Å². The van der Waals surface area contributed by atoms with Crippen molar-refractivity contribution in [3.05, 3.63) is 65.5 Å². The zero-order valence-corrected chi connectivity index (χ0v) is 18.3. The van der Waals surface area contributed by atoms with E-state index in [0.717, 1.165) is 55.6 Å². The summed E-state index contributed by atoms with van der Waals surface area (Å²) in [4.78, 5) is 4.96. The van der Waals surface area contributed by atoms with Crippen molar-refractivity contribution < 1.29 is 9.47 Å². The SMILES string of the molecule is COc1cc(CN2CCN(c3c(C)nn(-c4ccccc4)c3C)CC2)cc(OC)c1. The van der Waals surface area contributed by atoms with E-state index in [4.69, 9.17) is 14.6 Å². The van der Waals surface area contributed by atoms with Crippen LogP contribution in [0.1, 0.15) is 17.0 Å². The molecule has 6 nitrogen and oxygen atoms in total. The first-order valence-electron chi connectivity index (χ1n) is 10.4. The van der Waals surface area contributed by atoms with Crippen LogP contribution in [-0.2, 0) is 6.54 Å². The lowest BCUT2D eigenvalue weighted by Gasteiger charge is -2.36. The van der Waals surface area contributed by atoms with Crippen LogP contribution >= 0.6 is 0 Å². The summed E-state index contributed by atoms with van der Waals surface area (Å²) in [5.41, 5.74) is 5.87. The van der Waals surface area contributed by atoms with Gasteiger partial charge in [-0.15, -0.1) is 0 Å². The Labute approximate surface area is 178 Å². The van der Waals surface area contributed by atoms with Gasteiger partial charge in [-0.05, 0) is 43.7 Å². The molecule has 0 bridgehead atoms. The Morgan fingerprint density at radius 2 is 1.50 bits per heavy atom. The Morgan fingerprint density at radius 1 is 0.867 bits per heavy atom. The van der Waals surface area contributed by atoms with Gasteiger partial charge in [0.05, 0.1) is 37.0 Å². The van der Waals surface area contributed by atoms with E-state index in [2.05, 4.69) is 64.7 Å². The van der Waals surface area contributed by atoms with E-state index in [-0.39, 0.29) is 0 Å². The van der Waals surface area contributed by atoms with Gasteiger partial charge >= 0.3 is 0 Å². The van der Waals surface area contributed by atoms with Crippen LogP contribution < -0.4 is 14.4 Å². The van der Waals surface area contributed by atoms with E-state index >= 15 is 0 Å². The van der Waals surface area contributed by atoms with E-state index in [1.165, 1.54) is 16.9 Å². The molecule has 0 aliphatic carbocycles. The smallest absolute Gasteiger partial charge is 0.122 e. The third-order valence-electron chi connectivity index (χ3n) is 5.76. The number of methoxy groups -OCH3 is 2. The highest BCUT2D eigenvalue weighted by Gasteiger charge is 2.23. The van der Waals surface area contributed by atoms with Crippen LogP contribution in [0, 0.1) is 13.8 Å². The number of nitrogens with zero attached hydrogens (tertiary/aromatic N) is 4. The van der Waals surface area contributed by atoms with Crippen molar-refractivity contribution in [3.63, 3.8) is 0 Å². The number of aromatic nitrogens is 2. The molecule has 2 heterocycles.